The maximum atomic E-state index is 12.9. The molecule has 0 heterocycles. The summed E-state index contributed by atoms with van der Waals surface area (Å²) in [6.45, 7) is 6.62. The van der Waals surface area contributed by atoms with Crippen molar-refractivity contribution in [1.29, 1.82) is 0 Å². The van der Waals surface area contributed by atoms with Gasteiger partial charge in [0.1, 0.15) is 13.2 Å². The molecule has 0 bridgehead atoms. The molecule has 0 spiro atoms. The quantitative estimate of drug-likeness (QED) is 0.0261. The highest BCUT2D eigenvalue weighted by molar-refractivity contribution is 5.71. The average Bonchev–Trinajstić information content (AvgIpc) is 3.42. The molecule has 6 nitrogen and oxygen atoms in total. The fraction of sp³-hybridized carbons (Fsp3) is 0.814. The van der Waals surface area contributed by atoms with Crippen LogP contribution in [0, 0.1) is 0 Å². The fourth-order valence-electron chi connectivity index (χ4n) is 9.66. The normalized spacial score (nSPS) is 12.4. The summed E-state index contributed by atoms with van der Waals surface area (Å²) in [5, 5.41) is 0. The Morgan fingerprint density at radius 2 is 0.487 bits per heavy atom. The van der Waals surface area contributed by atoms with Crippen LogP contribution < -0.4 is 0 Å². The van der Waals surface area contributed by atoms with Crippen LogP contribution in [-0.2, 0) is 28.6 Å². The van der Waals surface area contributed by atoms with Crippen LogP contribution in [0.4, 0.5) is 0 Å². The largest absolute Gasteiger partial charge is 0.462 e. The Bertz CT molecular complexity index is 1360. The van der Waals surface area contributed by atoms with Crippen LogP contribution >= 0.6 is 0 Å². The number of hydrogen-bond donors (Lipinski definition) is 0. The van der Waals surface area contributed by atoms with Gasteiger partial charge >= 0.3 is 17.9 Å². The highest BCUT2D eigenvalue weighted by Crippen LogP contribution is 2.17. The van der Waals surface area contributed by atoms with Gasteiger partial charge in [0, 0.05) is 19.3 Å². The highest BCUT2D eigenvalue weighted by Gasteiger charge is 2.19. The van der Waals surface area contributed by atoms with Crippen LogP contribution in [0.5, 0.6) is 0 Å². The molecule has 0 rings (SSSR count). The van der Waals surface area contributed by atoms with Crippen molar-refractivity contribution in [3.05, 3.63) is 60.8 Å². The molecule has 0 amide bonds. The van der Waals surface area contributed by atoms with Crippen molar-refractivity contribution >= 4 is 17.9 Å². The van der Waals surface area contributed by atoms with E-state index in [2.05, 4.69) is 81.5 Å². The second-order valence-corrected chi connectivity index (χ2v) is 22.4. The number of esters is 3. The van der Waals surface area contributed by atoms with E-state index in [1.165, 1.54) is 225 Å². The van der Waals surface area contributed by atoms with E-state index in [-0.39, 0.29) is 31.1 Å². The molecule has 0 saturated heterocycles. The first-order valence-electron chi connectivity index (χ1n) is 33.3. The van der Waals surface area contributed by atoms with Crippen molar-refractivity contribution in [3.63, 3.8) is 0 Å². The number of carbonyl (C=O) groups is 3. The average molecular weight is 1060 g/mol. The zero-order chi connectivity index (χ0) is 55.0. The standard InChI is InChI=1S/C70H126O6/c1-4-7-10-13-16-19-22-25-28-30-32-34-35-37-38-40-42-45-48-51-54-57-60-63-69(72)75-66-67(65-74-68(71)62-59-56-53-50-47-44-27-24-21-18-15-12-9-6-3)76-70(73)64-61-58-55-52-49-46-43-41-39-36-33-31-29-26-23-20-17-14-11-8-5-2/h15,18,23-24,26-27,30-33,67H,4-14,16-17,19-22,25,28-29,34-66H2,1-3H3/b18-15-,26-23-,27-24-,32-30-,33-31-. The molecule has 6 heteroatoms. The number of carbonyl (C=O) groups excluding carboxylic acids is 3. The minimum Gasteiger partial charge on any atom is -0.462 e. The van der Waals surface area contributed by atoms with Crippen molar-refractivity contribution < 1.29 is 28.6 Å². The van der Waals surface area contributed by atoms with Crippen molar-refractivity contribution in [2.24, 2.45) is 0 Å². The minimum absolute atomic E-state index is 0.0789. The Morgan fingerprint density at radius 1 is 0.263 bits per heavy atom. The Hall–Kier alpha value is -2.89. The van der Waals surface area contributed by atoms with Crippen LogP contribution in [0.2, 0.25) is 0 Å². The Morgan fingerprint density at radius 3 is 0.776 bits per heavy atom. The third-order valence-corrected chi connectivity index (χ3v) is 14.7. The lowest BCUT2D eigenvalue weighted by Gasteiger charge is -2.18. The molecule has 0 saturated carbocycles. The molecule has 0 aliphatic carbocycles. The van der Waals surface area contributed by atoms with E-state index in [1.54, 1.807) is 0 Å². The summed E-state index contributed by atoms with van der Waals surface area (Å²) in [5.74, 6) is -0.880. The number of hydrogen-bond acceptors (Lipinski definition) is 6. The first-order valence-corrected chi connectivity index (χ1v) is 33.3. The first-order chi connectivity index (χ1) is 37.5. The van der Waals surface area contributed by atoms with Gasteiger partial charge < -0.3 is 14.2 Å². The number of rotatable bonds is 61. The Labute approximate surface area is 472 Å². The Kier molecular flexibility index (Phi) is 62.2. The molecule has 442 valence electrons. The zero-order valence-electron chi connectivity index (χ0n) is 50.8. The maximum absolute atomic E-state index is 12.9. The third kappa shape index (κ3) is 62.0. The second kappa shape index (κ2) is 64.6. The van der Waals surface area contributed by atoms with Gasteiger partial charge in [-0.15, -0.1) is 0 Å². The highest BCUT2D eigenvalue weighted by atomic mass is 16.6. The Balaban J connectivity index is 4.32. The van der Waals surface area contributed by atoms with Gasteiger partial charge in [-0.05, 0) is 103 Å². The molecule has 76 heavy (non-hydrogen) atoms. The molecule has 0 N–H and O–H groups in total. The monoisotopic (exact) mass is 1060 g/mol. The summed E-state index contributed by atoms with van der Waals surface area (Å²) in [6.07, 6.45) is 82.3. The molecular weight excluding hydrogens is 937 g/mol. The van der Waals surface area contributed by atoms with Crippen LogP contribution in [0.15, 0.2) is 60.8 Å². The van der Waals surface area contributed by atoms with Gasteiger partial charge in [-0.1, -0.05) is 287 Å². The molecular formula is C70H126O6. The lowest BCUT2D eigenvalue weighted by atomic mass is 10.0. The molecule has 0 aromatic carbocycles. The van der Waals surface area contributed by atoms with Crippen molar-refractivity contribution in [2.75, 3.05) is 13.2 Å². The van der Waals surface area contributed by atoms with Gasteiger partial charge in [0.2, 0.25) is 0 Å². The molecule has 1 unspecified atom stereocenters. The van der Waals surface area contributed by atoms with Gasteiger partial charge in [-0.2, -0.15) is 0 Å². The van der Waals surface area contributed by atoms with E-state index in [1.807, 2.05) is 0 Å². The fourth-order valence-corrected chi connectivity index (χ4v) is 9.66. The summed E-state index contributed by atoms with van der Waals surface area (Å²) in [5.41, 5.74) is 0. The van der Waals surface area contributed by atoms with Crippen molar-refractivity contribution in [2.45, 2.75) is 354 Å². The molecule has 0 radical (unpaired) electrons. The van der Waals surface area contributed by atoms with Crippen molar-refractivity contribution in [3.8, 4) is 0 Å². The molecule has 0 fully saturated rings. The van der Waals surface area contributed by atoms with Gasteiger partial charge in [-0.3, -0.25) is 14.4 Å². The van der Waals surface area contributed by atoms with E-state index in [9.17, 15) is 14.4 Å². The SMILES string of the molecule is CCCC/C=C\C/C=C\CCCCCCCC(=O)OCC(COC(=O)CCCCCCCCCCCCC/C=C\CCCCCCCCCC)OC(=O)CCCCCCCCCCC/C=C\C/C=C\CCCCCCC. The summed E-state index contributed by atoms with van der Waals surface area (Å²) in [6, 6.07) is 0. The zero-order valence-corrected chi connectivity index (χ0v) is 50.8. The minimum atomic E-state index is -0.784. The molecule has 0 aromatic heterocycles. The second-order valence-electron chi connectivity index (χ2n) is 22.4. The summed E-state index contributed by atoms with van der Waals surface area (Å²) in [4.78, 5) is 38.4. The lowest BCUT2D eigenvalue weighted by molar-refractivity contribution is -0.167. The summed E-state index contributed by atoms with van der Waals surface area (Å²) >= 11 is 0. The smallest absolute Gasteiger partial charge is 0.306 e. The van der Waals surface area contributed by atoms with E-state index in [4.69, 9.17) is 14.2 Å². The van der Waals surface area contributed by atoms with Gasteiger partial charge in [0.15, 0.2) is 6.10 Å². The van der Waals surface area contributed by atoms with Crippen LogP contribution in [0.25, 0.3) is 0 Å². The number of ether oxygens (including phenoxy) is 3. The van der Waals surface area contributed by atoms with Crippen LogP contribution in [-0.4, -0.2) is 37.2 Å². The van der Waals surface area contributed by atoms with E-state index >= 15 is 0 Å². The lowest BCUT2D eigenvalue weighted by Crippen LogP contribution is -2.30. The van der Waals surface area contributed by atoms with E-state index in [0.29, 0.717) is 19.3 Å². The predicted molar refractivity (Wildman–Crippen MR) is 330 cm³/mol. The van der Waals surface area contributed by atoms with E-state index < -0.39 is 6.10 Å². The van der Waals surface area contributed by atoms with Gasteiger partial charge in [0.25, 0.3) is 0 Å². The van der Waals surface area contributed by atoms with Crippen molar-refractivity contribution in [1.82, 2.24) is 0 Å². The first kappa shape index (κ1) is 73.1. The number of unbranched alkanes of at least 4 members (excludes halogenated alkanes) is 40. The summed E-state index contributed by atoms with van der Waals surface area (Å²) < 4.78 is 16.9. The molecule has 0 aliphatic heterocycles. The molecule has 1 atom stereocenters. The third-order valence-electron chi connectivity index (χ3n) is 14.7. The summed E-state index contributed by atoms with van der Waals surface area (Å²) in [7, 11) is 0. The van der Waals surface area contributed by atoms with Crippen LogP contribution in [0.1, 0.15) is 348 Å². The number of allylic oxidation sites excluding steroid dienone is 10. The predicted octanol–water partition coefficient (Wildman–Crippen LogP) is 22.7. The molecule has 0 aromatic rings. The van der Waals surface area contributed by atoms with Gasteiger partial charge in [-0.25, -0.2) is 0 Å². The van der Waals surface area contributed by atoms with Crippen LogP contribution in [0.3, 0.4) is 0 Å². The van der Waals surface area contributed by atoms with E-state index in [0.717, 1.165) is 83.5 Å². The maximum Gasteiger partial charge on any atom is 0.306 e. The topological polar surface area (TPSA) is 78.9 Å². The molecule has 0 aliphatic rings. The van der Waals surface area contributed by atoms with Gasteiger partial charge in [0.05, 0.1) is 0 Å².